The van der Waals surface area contributed by atoms with Crippen LogP contribution in [0, 0.1) is 6.92 Å². The number of rotatable bonds is 6. The van der Waals surface area contributed by atoms with Gasteiger partial charge in [-0.25, -0.2) is 0 Å². The average Bonchev–Trinajstić information content (AvgIpc) is 2.49. The standard InChI is InChI=1S/C17H25N3O2/c1-3-9-20(11-15-6-4-14(2)5-7-15)17(22)13-19-10-8-18-16(21)12-19/h4-7H,3,8-13H2,1-2H3,(H,18,21)/p+1. The van der Waals surface area contributed by atoms with Crippen LogP contribution in [-0.4, -0.2) is 49.4 Å². The molecule has 1 atom stereocenters. The summed E-state index contributed by atoms with van der Waals surface area (Å²) in [4.78, 5) is 26.9. The number of quaternary nitrogens is 1. The van der Waals surface area contributed by atoms with E-state index in [1.165, 1.54) is 5.56 Å². The van der Waals surface area contributed by atoms with Crippen molar-refractivity contribution >= 4 is 11.8 Å². The second-order valence-corrected chi connectivity index (χ2v) is 6.00. The Morgan fingerprint density at radius 2 is 2.05 bits per heavy atom. The molecule has 0 aliphatic carbocycles. The van der Waals surface area contributed by atoms with Crippen molar-refractivity contribution in [3.63, 3.8) is 0 Å². The maximum Gasteiger partial charge on any atom is 0.278 e. The van der Waals surface area contributed by atoms with Gasteiger partial charge in [0.2, 0.25) is 0 Å². The third-order valence-electron chi connectivity index (χ3n) is 3.95. The van der Waals surface area contributed by atoms with Gasteiger partial charge in [-0.1, -0.05) is 36.8 Å². The van der Waals surface area contributed by atoms with E-state index in [9.17, 15) is 9.59 Å². The number of hydrogen-bond acceptors (Lipinski definition) is 2. The normalized spacial score (nSPS) is 17.9. The van der Waals surface area contributed by atoms with Crippen LogP contribution in [0.4, 0.5) is 0 Å². The molecule has 1 aromatic carbocycles. The van der Waals surface area contributed by atoms with Gasteiger partial charge in [-0.05, 0) is 18.9 Å². The molecule has 1 heterocycles. The number of nitrogens with zero attached hydrogens (tertiary/aromatic N) is 1. The highest BCUT2D eigenvalue weighted by atomic mass is 16.2. The van der Waals surface area contributed by atoms with E-state index < -0.39 is 0 Å². The van der Waals surface area contributed by atoms with E-state index in [1.54, 1.807) is 0 Å². The number of piperazine rings is 1. The van der Waals surface area contributed by atoms with Crippen LogP contribution in [0.15, 0.2) is 24.3 Å². The monoisotopic (exact) mass is 304 g/mol. The summed E-state index contributed by atoms with van der Waals surface area (Å²) in [7, 11) is 0. The molecule has 0 saturated carbocycles. The first-order valence-electron chi connectivity index (χ1n) is 8.02. The molecule has 2 N–H and O–H groups in total. The lowest BCUT2D eigenvalue weighted by Gasteiger charge is -2.27. The smallest absolute Gasteiger partial charge is 0.278 e. The van der Waals surface area contributed by atoms with Gasteiger partial charge in [0.25, 0.3) is 11.8 Å². The zero-order valence-electron chi connectivity index (χ0n) is 13.5. The highest BCUT2D eigenvalue weighted by Crippen LogP contribution is 2.07. The lowest BCUT2D eigenvalue weighted by Crippen LogP contribution is -3.16. The fourth-order valence-electron chi connectivity index (χ4n) is 2.71. The first-order valence-corrected chi connectivity index (χ1v) is 8.02. The average molecular weight is 304 g/mol. The summed E-state index contributed by atoms with van der Waals surface area (Å²) in [6.07, 6.45) is 0.938. The highest BCUT2D eigenvalue weighted by Gasteiger charge is 2.24. The molecular weight excluding hydrogens is 278 g/mol. The van der Waals surface area contributed by atoms with Crippen LogP contribution in [0.5, 0.6) is 0 Å². The van der Waals surface area contributed by atoms with Gasteiger partial charge in [0.1, 0.15) is 0 Å². The molecule has 5 heteroatoms. The van der Waals surface area contributed by atoms with Gasteiger partial charge in [-0.2, -0.15) is 0 Å². The summed E-state index contributed by atoms with van der Waals surface area (Å²) in [6, 6.07) is 8.30. The molecule has 1 aromatic rings. The summed E-state index contributed by atoms with van der Waals surface area (Å²) in [5.74, 6) is 0.168. The van der Waals surface area contributed by atoms with Gasteiger partial charge >= 0.3 is 0 Å². The quantitative estimate of drug-likeness (QED) is 0.761. The van der Waals surface area contributed by atoms with Gasteiger partial charge in [0, 0.05) is 13.1 Å². The molecular formula is C17H26N3O2+. The molecule has 1 aliphatic rings. The van der Waals surface area contributed by atoms with Crippen LogP contribution < -0.4 is 10.2 Å². The van der Waals surface area contributed by atoms with Crippen LogP contribution in [0.1, 0.15) is 24.5 Å². The Bertz CT molecular complexity index is 513. The molecule has 0 spiro atoms. The lowest BCUT2D eigenvalue weighted by atomic mass is 10.1. The highest BCUT2D eigenvalue weighted by molar-refractivity contribution is 5.79. The van der Waals surface area contributed by atoms with E-state index in [0.717, 1.165) is 30.0 Å². The third-order valence-corrected chi connectivity index (χ3v) is 3.95. The Morgan fingerprint density at radius 3 is 2.68 bits per heavy atom. The zero-order valence-corrected chi connectivity index (χ0v) is 13.5. The van der Waals surface area contributed by atoms with Crippen molar-refractivity contribution in [2.45, 2.75) is 26.8 Å². The maximum atomic E-state index is 12.6. The predicted molar refractivity (Wildman–Crippen MR) is 85.5 cm³/mol. The molecule has 120 valence electrons. The van der Waals surface area contributed by atoms with Crippen LogP contribution in [-0.2, 0) is 16.1 Å². The molecule has 22 heavy (non-hydrogen) atoms. The minimum Gasteiger partial charge on any atom is -0.346 e. The van der Waals surface area contributed by atoms with Gasteiger partial charge < -0.3 is 15.1 Å². The number of carbonyl (C=O) groups is 2. The molecule has 1 unspecified atom stereocenters. The molecule has 1 aliphatic heterocycles. The van der Waals surface area contributed by atoms with Crippen molar-refractivity contribution in [1.29, 1.82) is 0 Å². The molecule has 0 bridgehead atoms. The topological polar surface area (TPSA) is 53.9 Å². The SMILES string of the molecule is CCCN(Cc1ccc(C)cc1)C(=O)C[NH+]1CCNC(=O)C1. The van der Waals surface area contributed by atoms with Crippen molar-refractivity contribution in [3.8, 4) is 0 Å². The second-order valence-electron chi connectivity index (χ2n) is 6.00. The van der Waals surface area contributed by atoms with Crippen LogP contribution >= 0.6 is 0 Å². The Balaban J connectivity index is 1.95. The third kappa shape index (κ3) is 4.84. The molecule has 1 saturated heterocycles. The number of hydrogen-bond donors (Lipinski definition) is 2. The van der Waals surface area contributed by atoms with Crippen molar-refractivity contribution in [2.75, 3.05) is 32.7 Å². The van der Waals surface area contributed by atoms with Crippen LogP contribution in [0.3, 0.4) is 0 Å². The molecule has 5 nitrogen and oxygen atoms in total. The van der Waals surface area contributed by atoms with Crippen molar-refractivity contribution in [1.82, 2.24) is 10.2 Å². The molecule has 1 fully saturated rings. The Hall–Kier alpha value is -1.88. The summed E-state index contributed by atoms with van der Waals surface area (Å²) in [5, 5.41) is 2.80. The van der Waals surface area contributed by atoms with E-state index in [1.807, 2.05) is 4.90 Å². The Labute approximate surface area is 132 Å². The maximum absolute atomic E-state index is 12.6. The number of nitrogens with one attached hydrogen (secondary N) is 2. The van der Waals surface area contributed by atoms with Gasteiger partial charge in [0.05, 0.1) is 13.1 Å². The summed E-state index contributed by atoms with van der Waals surface area (Å²) in [5.41, 5.74) is 2.37. The second kappa shape index (κ2) is 7.94. The van der Waals surface area contributed by atoms with E-state index >= 15 is 0 Å². The first kappa shape index (κ1) is 16.5. The van der Waals surface area contributed by atoms with Crippen molar-refractivity contribution < 1.29 is 14.5 Å². The number of aryl methyl sites for hydroxylation is 1. The van der Waals surface area contributed by atoms with Crippen LogP contribution in [0.25, 0.3) is 0 Å². The van der Waals surface area contributed by atoms with E-state index in [4.69, 9.17) is 0 Å². The first-order chi connectivity index (χ1) is 10.6. The number of carbonyl (C=O) groups excluding carboxylic acids is 2. The number of amides is 2. The fraction of sp³-hybridized carbons (Fsp3) is 0.529. The van der Waals surface area contributed by atoms with E-state index in [2.05, 4.69) is 43.4 Å². The van der Waals surface area contributed by atoms with Crippen molar-refractivity contribution in [3.05, 3.63) is 35.4 Å². The van der Waals surface area contributed by atoms with E-state index in [0.29, 0.717) is 26.2 Å². The largest absolute Gasteiger partial charge is 0.346 e. The summed E-state index contributed by atoms with van der Waals surface area (Å²) < 4.78 is 0. The molecule has 0 aromatic heterocycles. The lowest BCUT2D eigenvalue weighted by molar-refractivity contribution is -0.885. The zero-order chi connectivity index (χ0) is 15.9. The number of benzene rings is 1. The van der Waals surface area contributed by atoms with Gasteiger partial charge in [-0.15, -0.1) is 0 Å². The van der Waals surface area contributed by atoms with Gasteiger partial charge in [0.15, 0.2) is 13.1 Å². The molecule has 0 radical (unpaired) electrons. The summed E-state index contributed by atoms with van der Waals surface area (Å²) >= 11 is 0. The van der Waals surface area contributed by atoms with Gasteiger partial charge in [-0.3, -0.25) is 9.59 Å². The fourth-order valence-corrected chi connectivity index (χ4v) is 2.71. The predicted octanol–water partition coefficient (Wildman–Crippen LogP) is -0.252. The minimum atomic E-state index is 0.0367. The minimum absolute atomic E-state index is 0.0367. The van der Waals surface area contributed by atoms with E-state index in [-0.39, 0.29) is 11.8 Å². The van der Waals surface area contributed by atoms with Crippen molar-refractivity contribution in [2.24, 2.45) is 0 Å². The Morgan fingerprint density at radius 1 is 1.32 bits per heavy atom. The molecule has 2 amide bonds. The summed E-state index contributed by atoms with van der Waals surface area (Å²) in [6.45, 7) is 7.82. The molecule has 2 rings (SSSR count). The Kier molecular flexibility index (Phi) is 5.95. The van der Waals surface area contributed by atoms with Crippen LogP contribution in [0.2, 0.25) is 0 Å².